The maximum absolute atomic E-state index is 12.9. The first kappa shape index (κ1) is 66.4. The molecule has 2 N–H and O–H groups in total. The van der Waals surface area contributed by atoms with E-state index in [0.29, 0.717) is 19.3 Å². The van der Waals surface area contributed by atoms with Crippen LogP contribution in [0.1, 0.15) is 213 Å². The number of esters is 3. The lowest BCUT2D eigenvalue weighted by molar-refractivity contribution is -0.161. The maximum atomic E-state index is 12.9. The number of unbranched alkanes of at least 4 members (excludes halogenated alkanes) is 16. The van der Waals surface area contributed by atoms with Gasteiger partial charge in [0.1, 0.15) is 12.7 Å². The highest BCUT2D eigenvalue weighted by Gasteiger charge is 2.28. The fraction of sp³-hybridized carbons (Fsp3) is 0.672. The summed E-state index contributed by atoms with van der Waals surface area (Å²) in [4.78, 5) is 48.4. The lowest BCUT2D eigenvalue weighted by Gasteiger charge is -2.21. The van der Waals surface area contributed by atoms with Gasteiger partial charge in [0.2, 0.25) is 0 Å². The third-order valence-corrected chi connectivity index (χ3v) is 11.9. The Kier molecular flexibility index (Phi) is 49.1. The van der Waals surface area contributed by atoms with Crippen molar-refractivity contribution in [2.45, 2.75) is 226 Å². The van der Waals surface area contributed by atoms with Crippen molar-refractivity contribution in [3.8, 4) is 0 Å². The second-order valence-corrected chi connectivity index (χ2v) is 19.1. The number of hydrogen-bond donors (Lipinski definition) is 2. The molecule has 0 heterocycles. The number of aliphatic hydroxyl groups excluding tert-OH is 1. The van der Waals surface area contributed by atoms with Crippen molar-refractivity contribution in [2.75, 3.05) is 26.4 Å². The van der Waals surface area contributed by atoms with E-state index in [2.05, 4.69) is 106 Å². The molecule has 0 aromatic rings. The van der Waals surface area contributed by atoms with Gasteiger partial charge in [-0.1, -0.05) is 189 Å². The van der Waals surface area contributed by atoms with Gasteiger partial charge in [0, 0.05) is 19.3 Å². The van der Waals surface area contributed by atoms with Crippen molar-refractivity contribution in [1.82, 2.24) is 0 Å². The van der Waals surface area contributed by atoms with Gasteiger partial charge in [-0.3, -0.25) is 23.4 Å². The molecule has 0 aliphatic heterocycles. The minimum absolute atomic E-state index is 0.0969. The first-order valence-corrected chi connectivity index (χ1v) is 28.6. The average Bonchev–Trinajstić information content (AvgIpc) is 3.35. The van der Waals surface area contributed by atoms with Crippen LogP contribution in [0, 0.1) is 0 Å². The molecular formula is C58H97O11P. The highest BCUT2D eigenvalue weighted by atomic mass is 31.2. The predicted octanol–water partition coefficient (Wildman–Crippen LogP) is 15.7. The predicted molar refractivity (Wildman–Crippen MR) is 288 cm³/mol. The minimum Gasteiger partial charge on any atom is -0.462 e. The zero-order valence-corrected chi connectivity index (χ0v) is 44.8. The third-order valence-electron chi connectivity index (χ3n) is 11.0. The number of aliphatic hydroxyl groups is 1. The molecule has 0 saturated heterocycles. The van der Waals surface area contributed by atoms with Gasteiger partial charge in [-0.2, -0.15) is 0 Å². The average molecular weight is 1000 g/mol. The SMILES string of the molecule is CC/C=C\C/C=C\C/C=C\C/C=C\CCC(=O)OCC(COP(=O)(O)OCC(CO)OC(=O)CCCCCCC/C=C\CCCCCCCC)OC(=O)CCCCCCC/C=C\C/C=C\C/C=C\CC. The standard InChI is InChI=1S/C58H97O11P/c1-4-7-10-13-16-19-22-25-27-30-33-36-39-42-45-48-57(61)68-54(50-59)52-66-70(63,64)67-53-55(51-65-56(60)47-44-41-38-35-32-29-24-21-18-15-12-9-6-3)69-58(62)49-46-43-40-37-34-31-28-26-23-20-17-14-11-8-5-2/h8-9,11-12,17-18,20-21,25-29,32,38,41,54-55,59H,4-7,10,13-16,19,22-24,30-31,33-37,39-40,42-53H2,1-3H3,(H,63,64)/b11-8-,12-9-,20-17-,21-18-,27-25-,28-26-,32-29-,41-38-. The number of phosphoric acid groups is 1. The lowest BCUT2D eigenvalue weighted by atomic mass is 10.1. The van der Waals surface area contributed by atoms with Gasteiger partial charge < -0.3 is 24.2 Å². The smallest absolute Gasteiger partial charge is 0.462 e. The fourth-order valence-electron chi connectivity index (χ4n) is 6.91. The number of carbonyl (C=O) groups is 3. The Morgan fingerprint density at radius 3 is 1.21 bits per heavy atom. The molecule has 0 saturated carbocycles. The second kappa shape index (κ2) is 51.7. The van der Waals surface area contributed by atoms with E-state index in [9.17, 15) is 28.9 Å². The maximum Gasteiger partial charge on any atom is 0.472 e. The van der Waals surface area contributed by atoms with Crippen molar-refractivity contribution in [2.24, 2.45) is 0 Å². The molecule has 11 nitrogen and oxygen atoms in total. The molecule has 0 spiro atoms. The van der Waals surface area contributed by atoms with E-state index < -0.39 is 57.8 Å². The van der Waals surface area contributed by atoms with E-state index in [0.717, 1.165) is 116 Å². The van der Waals surface area contributed by atoms with E-state index in [1.165, 1.54) is 38.5 Å². The fourth-order valence-corrected chi connectivity index (χ4v) is 7.69. The molecule has 0 amide bonds. The van der Waals surface area contributed by atoms with E-state index in [1.807, 2.05) is 12.2 Å². The summed E-state index contributed by atoms with van der Waals surface area (Å²) in [5.74, 6) is -1.60. The molecule has 0 aliphatic rings. The van der Waals surface area contributed by atoms with E-state index in [4.69, 9.17) is 23.3 Å². The zero-order valence-electron chi connectivity index (χ0n) is 43.9. The summed E-state index contributed by atoms with van der Waals surface area (Å²) in [5, 5.41) is 9.79. The number of phosphoric ester groups is 1. The van der Waals surface area contributed by atoms with Crippen molar-refractivity contribution < 1.29 is 52.2 Å². The molecular weight excluding hydrogens is 904 g/mol. The van der Waals surface area contributed by atoms with Crippen molar-refractivity contribution >= 4 is 25.7 Å². The Bertz CT molecular complexity index is 1540. The van der Waals surface area contributed by atoms with Crippen LogP contribution in [0.2, 0.25) is 0 Å². The van der Waals surface area contributed by atoms with E-state index in [1.54, 1.807) is 0 Å². The first-order chi connectivity index (χ1) is 34.2. The summed E-state index contributed by atoms with van der Waals surface area (Å²) in [6, 6.07) is 0. The van der Waals surface area contributed by atoms with Crippen LogP contribution in [0.15, 0.2) is 97.2 Å². The van der Waals surface area contributed by atoms with Crippen LogP contribution < -0.4 is 0 Å². The summed E-state index contributed by atoms with van der Waals surface area (Å²) in [6.07, 6.45) is 59.6. The van der Waals surface area contributed by atoms with E-state index in [-0.39, 0.29) is 25.9 Å². The summed E-state index contributed by atoms with van der Waals surface area (Å²) >= 11 is 0. The van der Waals surface area contributed by atoms with Crippen LogP contribution in [0.5, 0.6) is 0 Å². The summed E-state index contributed by atoms with van der Waals surface area (Å²) in [5.41, 5.74) is 0. The Balaban J connectivity index is 4.83. The van der Waals surface area contributed by atoms with Gasteiger partial charge >= 0.3 is 25.7 Å². The molecule has 3 atom stereocenters. The van der Waals surface area contributed by atoms with Gasteiger partial charge in [-0.05, 0) is 103 Å². The Morgan fingerprint density at radius 2 is 0.771 bits per heavy atom. The van der Waals surface area contributed by atoms with Crippen molar-refractivity contribution in [1.29, 1.82) is 0 Å². The molecule has 3 unspecified atom stereocenters. The van der Waals surface area contributed by atoms with Crippen molar-refractivity contribution in [3.05, 3.63) is 97.2 Å². The molecule has 0 aromatic heterocycles. The van der Waals surface area contributed by atoms with Gasteiger partial charge in [0.05, 0.1) is 19.8 Å². The Labute approximate surface area is 425 Å². The second-order valence-electron chi connectivity index (χ2n) is 17.6. The van der Waals surface area contributed by atoms with Crippen LogP contribution in [0.4, 0.5) is 0 Å². The van der Waals surface area contributed by atoms with Crippen LogP contribution in [-0.2, 0) is 42.2 Å². The molecule has 70 heavy (non-hydrogen) atoms. The van der Waals surface area contributed by atoms with Crippen LogP contribution in [-0.4, -0.2) is 66.5 Å². The molecule has 0 aromatic carbocycles. The zero-order chi connectivity index (χ0) is 51.3. The molecule has 0 bridgehead atoms. The topological polar surface area (TPSA) is 155 Å². The highest BCUT2D eigenvalue weighted by Crippen LogP contribution is 2.43. The van der Waals surface area contributed by atoms with Crippen molar-refractivity contribution in [3.63, 3.8) is 0 Å². The molecule has 0 fully saturated rings. The summed E-state index contributed by atoms with van der Waals surface area (Å²) < 4.78 is 39.3. The number of ether oxygens (including phenoxy) is 3. The minimum atomic E-state index is -4.77. The monoisotopic (exact) mass is 1000 g/mol. The molecule has 400 valence electrons. The van der Waals surface area contributed by atoms with Gasteiger partial charge in [-0.25, -0.2) is 4.57 Å². The normalized spacial score (nSPS) is 14.2. The molecule has 12 heteroatoms. The number of hydrogen-bond acceptors (Lipinski definition) is 10. The highest BCUT2D eigenvalue weighted by molar-refractivity contribution is 7.47. The largest absolute Gasteiger partial charge is 0.472 e. The number of rotatable bonds is 49. The quantitative estimate of drug-likeness (QED) is 0.0197. The summed E-state index contributed by atoms with van der Waals surface area (Å²) in [7, 11) is -4.77. The molecule has 0 aliphatic carbocycles. The van der Waals surface area contributed by atoms with Crippen LogP contribution in [0.3, 0.4) is 0 Å². The molecule has 0 rings (SSSR count). The van der Waals surface area contributed by atoms with Crippen LogP contribution >= 0.6 is 7.82 Å². The van der Waals surface area contributed by atoms with E-state index >= 15 is 0 Å². The van der Waals surface area contributed by atoms with Crippen LogP contribution in [0.25, 0.3) is 0 Å². The summed E-state index contributed by atoms with van der Waals surface area (Å²) in [6.45, 7) is 4.28. The van der Waals surface area contributed by atoms with Gasteiger partial charge in [-0.15, -0.1) is 0 Å². The number of allylic oxidation sites excluding steroid dienone is 16. The van der Waals surface area contributed by atoms with Gasteiger partial charge in [0.15, 0.2) is 6.10 Å². The van der Waals surface area contributed by atoms with Gasteiger partial charge in [0.25, 0.3) is 0 Å². The number of carbonyl (C=O) groups excluding carboxylic acids is 3. The first-order valence-electron chi connectivity index (χ1n) is 27.1. The lowest BCUT2D eigenvalue weighted by Crippen LogP contribution is -2.30. The molecule has 0 radical (unpaired) electrons. The Morgan fingerprint density at radius 1 is 0.414 bits per heavy atom. The third kappa shape index (κ3) is 49.4. The Hall–Kier alpha value is -3.60.